The fourth-order valence-corrected chi connectivity index (χ4v) is 2.69. The molecule has 1 aromatic rings. The molecule has 1 aliphatic heterocycles. The Morgan fingerprint density at radius 3 is 2.88 bits per heavy atom. The van der Waals surface area contributed by atoms with Gasteiger partial charge in [-0.15, -0.1) is 12.4 Å². The van der Waals surface area contributed by atoms with Crippen LogP contribution in [0.2, 0.25) is 5.02 Å². The van der Waals surface area contributed by atoms with Crippen molar-refractivity contribution in [1.82, 2.24) is 4.90 Å². The van der Waals surface area contributed by atoms with Crippen molar-refractivity contribution in [2.75, 3.05) is 13.1 Å². The van der Waals surface area contributed by atoms with Gasteiger partial charge < -0.3 is 5.73 Å². The predicted molar refractivity (Wildman–Crippen MR) is 78.9 cm³/mol. The highest BCUT2D eigenvalue weighted by Gasteiger charge is 2.22. The Labute approximate surface area is 122 Å². The summed E-state index contributed by atoms with van der Waals surface area (Å²) < 4.78 is 0.953. The maximum Gasteiger partial charge on any atom is 0.0551 e. The first kappa shape index (κ1) is 15.3. The maximum atomic E-state index is 6.08. The van der Waals surface area contributed by atoms with Crippen molar-refractivity contribution in [2.45, 2.75) is 25.4 Å². The second kappa shape index (κ2) is 6.95. The Balaban J connectivity index is 0.00000144. The number of benzene rings is 1. The topological polar surface area (TPSA) is 29.3 Å². The zero-order valence-electron chi connectivity index (χ0n) is 9.53. The number of rotatable bonds is 3. The van der Waals surface area contributed by atoms with Gasteiger partial charge in [0.15, 0.2) is 0 Å². The number of likely N-dealkylation sites (tertiary alicyclic amines) is 1. The minimum Gasteiger partial charge on any atom is -0.329 e. The van der Waals surface area contributed by atoms with Crippen LogP contribution in [0.25, 0.3) is 0 Å². The summed E-state index contributed by atoms with van der Waals surface area (Å²) in [5.41, 5.74) is 7.01. The molecule has 2 N–H and O–H groups in total. The van der Waals surface area contributed by atoms with Crippen LogP contribution in [0.1, 0.15) is 18.4 Å². The average molecular weight is 340 g/mol. The normalized spacial score (nSPS) is 20.3. The Morgan fingerprint density at radius 2 is 2.24 bits per heavy atom. The van der Waals surface area contributed by atoms with Crippen molar-refractivity contribution in [2.24, 2.45) is 5.73 Å². The number of nitrogens with zero attached hydrogens (tertiary/aromatic N) is 1. The molecule has 0 radical (unpaired) electrons. The van der Waals surface area contributed by atoms with Gasteiger partial charge in [0.25, 0.3) is 0 Å². The third-order valence-corrected chi connectivity index (χ3v) is 4.37. The van der Waals surface area contributed by atoms with E-state index in [9.17, 15) is 0 Å². The second-order valence-electron chi connectivity index (χ2n) is 4.25. The van der Waals surface area contributed by atoms with Crippen molar-refractivity contribution in [3.05, 3.63) is 33.3 Å². The third-order valence-electron chi connectivity index (χ3n) is 3.14. The molecule has 1 saturated heterocycles. The molecule has 1 heterocycles. The van der Waals surface area contributed by atoms with E-state index in [1.165, 1.54) is 18.4 Å². The molecule has 0 spiro atoms. The summed E-state index contributed by atoms with van der Waals surface area (Å²) in [6.45, 7) is 2.86. The van der Waals surface area contributed by atoms with Crippen LogP contribution in [0, 0.1) is 0 Å². The minimum atomic E-state index is 0. The monoisotopic (exact) mass is 338 g/mol. The Kier molecular flexibility index (Phi) is 6.24. The highest BCUT2D eigenvalue weighted by molar-refractivity contribution is 9.10. The summed E-state index contributed by atoms with van der Waals surface area (Å²) in [5, 5.41) is 0.779. The van der Waals surface area contributed by atoms with E-state index in [0.717, 1.165) is 29.1 Å². The summed E-state index contributed by atoms with van der Waals surface area (Å²) in [6, 6.07) is 6.69. The SMILES string of the molecule is Cl.NCC1CCCN1Cc1ccc(Br)c(Cl)c1. The van der Waals surface area contributed by atoms with Crippen LogP contribution in [-0.2, 0) is 6.54 Å². The highest BCUT2D eigenvalue weighted by atomic mass is 79.9. The molecule has 0 saturated carbocycles. The molecule has 5 heteroatoms. The van der Waals surface area contributed by atoms with E-state index in [-0.39, 0.29) is 12.4 Å². The van der Waals surface area contributed by atoms with E-state index in [4.69, 9.17) is 17.3 Å². The predicted octanol–water partition coefficient (Wildman–Crippen LogP) is 3.45. The lowest BCUT2D eigenvalue weighted by Gasteiger charge is -2.23. The standard InChI is InChI=1S/C12H16BrClN2.ClH/c13-11-4-3-9(6-12(11)14)8-16-5-1-2-10(16)7-15;/h3-4,6,10H,1-2,5,7-8,15H2;1H. The molecular formula is C12H17BrCl2N2. The fourth-order valence-electron chi connectivity index (χ4n) is 2.24. The van der Waals surface area contributed by atoms with Crippen LogP contribution in [0.4, 0.5) is 0 Å². The summed E-state index contributed by atoms with van der Waals surface area (Å²) in [6.07, 6.45) is 2.48. The van der Waals surface area contributed by atoms with E-state index in [0.29, 0.717) is 6.04 Å². The Morgan fingerprint density at radius 1 is 1.47 bits per heavy atom. The van der Waals surface area contributed by atoms with Gasteiger partial charge in [0.05, 0.1) is 5.02 Å². The smallest absolute Gasteiger partial charge is 0.0551 e. The molecule has 2 rings (SSSR count). The number of hydrogen-bond donors (Lipinski definition) is 1. The lowest BCUT2D eigenvalue weighted by molar-refractivity contribution is 0.250. The largest absolute Gasteiger partial charge is 0.329 e. The molecule has 0 bridgehead atoms. The van der Waals surface area contributed by atoms with E-state index >= 15 is 0 Å². The molecule has 0 amide bonds. The first-order valence-electron chi connectivity index (χ1n) is 5.58. The van der Waals surface area contributed by atoms with Crippen LogP contribution in [0.5, 0.6) is 0 Å². The van der Waals surface area contributed by atoms with Gasteiger partial charge in [0.1, 0.15) is 0 Å². The molecule has 1 aromatic carbocycles. The first-order chi connectivity index (χ1) is 7.70. The molecule has 0 aliphatic carbocycles. The molecule has 17 heavy (non-hydrogen) atoms. The summed E-state index contributed by atoms with van der Waals surface area (Å²) in [5.74, 6) is 0. The average Bonchev–Trinajstić information content (AvgIpc) is 2.71. The molecule has 96 valence electrons. The van der Waals surface area contributed by atoms with Crippen molar-refractivity contribution in [3.63, 3.8) is 0 Å². The zero-order valence-corrected chi connectivity index (χ0v) is 12.7. The quantitative estimate of drug-likeness (QED) is 0.913. The molecular weight excluding hydrogens is 323 g/mol. The van der Waals surface area contributed by atoms with Crippen molar-refractivity contribution in [1.29, 1.82) is 0 Å². The fraction of sp³-hybridized carbons (Fsp3) is 0.500. The Bertz CT molecular complexity index is 374. The number of nitrogens with two attached hydrogens (primary N) is 1. The second-order valence-corrected chi connectivity index (χ2v) is 5.51. The Hall–Kier alpha value is 0.200. The number of halogens is 3. The molecule has 2 nitrogen and oxygen atoms in total. The molecule has 0 aromatic heterocycles. The van der Waals surface area contributed by atoms with Crippen molar-refractivity contribution in [3.8, 4) is 0 Å². The van der Waals surface area contributed by atoms with Gasteiger partial charge in [-0.1, -0.05) is 17.7 Å². The molecule has 1 atom stereocenters. The van der Waals surface area contributed by atoms with Crippen molar-refractivity contribution >= 4 is 39.9 Å². The summed E-state index contributed by atoms with van der Waals surface area (Å²) in [7, 11) is 0. The summed E-state index contributed by atoms with van der Waals surface area (Å²) in [4.78, 5) is 2.44. The van der Waals surface area contributed by atoms with Gasteiger partial charge in [-0.2, -0.15) is 0 Å². The van der Waals surface area contributed by atoms with E-state index < -0.39 is 0 Å². The van der Waals surface area contributed by atoms with Crippen LogP contribution in [0.15, 0.2) is 22.7 Å². The lowest BCUT2D eigenvalue weighted by Crippen LogP contribution is -2.34. The van der Waals surface area contributed by atoms with Crippen LogP contribution >= 0.6 is 39.9 Å². The van der Waals surface area contributed by atoms with Crippen molar-refractivity contribution < 1.29 is 0 Å². The van der Waals surface area contributed by atoms with E-state index in [2.05, 4.69) is 26.9 Å². The number of hydrogen-bond acceptors (Lipinski definition) is 2. The lowest BCUT2D eigenvalue weighted by atomic mass is 10.2. The van der Waals surface area contributed by atoms with Gasteiger partial charge in [-0.3, -0.25) is 4.90 Å². The molecule has 1 fully saturated rings. The highest BCUT2D eigenvalue weighted by Crippen LogP contribution is 2.25. The van der Waals surface area contributed by atoms with Gasteiger partial charge in [0, 0.05) is 23.6 Å². The van der Waals surface area contributed by atoms with Gasteiger partial charge >= 0.3 is 0 Å². The van der Waals surface area contributed by atoms with E-state index in [1.807, 2.05) is 12.1 Å². The third kappa shape index (κ3) is 3.83. The van der Waals surface area contributed by atoms with Crippen LogP contribution in [0.3, 0.4) is 0 Å². The first-order valence-corrected chi connectivity index (χ1v) is 6.76. The van der Waals surface area contributed by atoms with Gasteiger partial charge in [-0.05, 0) is 53.0 Å². The van der Waals surface area contributed by atoms with E-state index in [1.54, 1.807) is 0 Å². The van der Waals surface area contributed by atoms with Crippen LogP contribution in [-0.4, -0.2) is 24.0 Å². The van der Waals surface area contributed by atoms with Crippen LogP contribution < -0.4 is 5.73 Å². The zero-order chi connectivity index (χ0) is 11.5. The van der Waals surface area contributed by atoms with Gasteiger partial charge in [-0.25, -0.2) is 0 Å². The maximum absolute atomic E-state index is 6.08. The summed E-state index contributed by atoms with van der Waals surface area (Å²) >= 11 is 9.48. The minimum absolute atomic E-state index is 0. The van der Waals surface area contributed by atoms with Gasteiger partial charge in [0.2, 0.25) is 0 Å². The molecule has 1 unspecified atom stereocenters. The molecule has 1 aliphatic rings.